The predicted molar refractivity (Wildman–Crippen MR) is 75.1 cm³/mol. The number of hydrogen-bond donors (Lipinski definition) is 1. The second-order valence-electron chi connectivity index (χ2n) is 4.42. The third-order valence-electron chi connectivity index (χ3n) is 2.69. The molecule has 0 radical (unpaired) electrons. The van der Waals surface area contributed by atoms with Gasteiger partial charge in [-0.25, -0.2) is 4.68 Å². The van der Waals surface area contributed by atoms with E-state index < -0.39 is 0 Å². The van der Waals surface area contributed by atoms with Gasteiger partial charge in [-0.1, -0.05) is 11.6 Å². The summed E-state index contributed by atoms with van der Waals surface area (Å²) in [6.45, 7) is 6.40. The lowest BCUT2D eigenvalue weighted by atomic mass is 10.4. The van der Waals surface area contributed by atoms with Crippen LogP contribution in [0.4, 0.5) is 11.4 Å². The normalized spacial score (nSPS) is 11.0. The van der Waals surface area contributed by atoms with Gasteiger partial charge in [0.25, 0.3) is 5.56 Å². The fourth-order valence-corrected chi connectivity index (χ4v) is 1.81. The van der Waals surface area contributed by atoms with Crippen LogP contribution in [0.5, 0.6) is 0 Å². The van der Waals surface area contributed by atoms with Gasteiger partial charge in [0, 0.05) is 18.8 Å². The Balaban J connectivity index is 2.28. The monoisotopic (exact) mass is 281 g/mol. The van der Waals surface area contributed by atoms with Crippen LogP contribution >= 0.6 is 11.6 Å². The van der Waals surface area contributed by atoms with Crippen molar-refractivity contribution in [2.24, 2.45) is 0 Å². The molecule has 0 aliphatic rings. The first-order valence-corrected chi connectivity index (χ1v) is 6.47. The zero-order chi connectivity index (χ0) is 14.0. The van der Waals surface area contributed by atoms with Crippen molar-refractivity contribution in [1.82, 2.24) is 19.6 Å². The third kappa shape index (κ3) is 2.78. The Kier molecular flexibility index (Phi) is 3.90. The lowest BCUT2D eigenvalue weighted by Gasteiger charge is -2.07. The number of anilines is 2. The summed E-state index contributed by atoms with van der Waals surface area (Å²) in [4.78, 5) is 11.8. The van der Waals surface area contributed by atoms with Gasteiger partial charge >= 0.3 is 0 Å². The van der Waals surface area contributed by atoms with Crippen LogP contribution in [0.1, 0.15) is 26.8 Å². The maximum atomic E-state index is 11.8. The van der Waals surface area contributed by atoms with Gasteiger partial charge < -0.3 is 5.32 Å². The maximum absolute atomic E-state index is 11.8. The molecule has 0 spiro atoms. The van der Waals surface area contributed by atoms with E-state index in [0.717, 1.165) is 5.69 Å². The molecule has 19 heavy (non-hydrogen) atoms. The molecule has 0 saturated carbocycles. The standard InChI is InChI=1S/C12H16ClN5O/c1-4-17-12(19)11(13)10(6-15-17)16-9-5-14-18(7-9)8(2)3/h5-8,16H,4H2,1-3H3. The van der Waals surface area contributed by atoms with Crippen LogP contribution in [0.2, 0.25) is 5.02 Å². The molecule has 0 aliphatic heterocycles. The molecular weight excluding hydrogens is 266 g/mol. The van der Waals surface area contributed by atoms with Gasteiger partial charge in [-0.15, -0.1) is 0 Å². The molecule has 2 heterocycles. The topological polar surface area (TPSA) is 64.7 Å². The summed E-state index contributed by atoms with van der Waals surface area (Å²) in [5.41, 5.74) is 0.955. The van der Waals surface area contributed by atoms with Crippen LogP contribution in [0.25, 0.3) is 0 Å². The summed E-state index contributed by atoms with van der Waals surface area (Å²) in [5, 5.41) is 11.4. The zero-order valence-electron chi connectivity index (χ0n) is 11.1. The fraction of sp³-hybridized carbons (Fsp3) is 0.417. The van der Waals surface area contributed by atoms with Gasteiger partial charge in [0.05, 0.1) is 23.8 Å². The molecule has 7 heteroatoms. The van der Waals surface area contributed by atoms with Crippen LogP contribution in [-0.4, -0.2) is 19.6 Å². The molecule has 1 N–H and O–H groups in total. The maximum Gasteiger partial charge on any atom is 0.287 e. The summed E-state index contributed by atoms with van der Waals surface area (Å²) < 4.78 is 3.13. The number of nitrogens with one attached hydrogen (secondary N) is 1. The highest BCUT2D eigenvalue weighted by molar-refractivity contribution is 6.33. The van der Waals surface area contributed by atoms with Crippen molar-refractivity contribution in [2.45, 2.75) is 33.4 Å². The first kappa shape index (κ1) is 13.6. The minimum atomic E-state index is -0.301. The molecule has 2 rings (SSSR count). The Bertz CT molecular complexity index is 631. The molecule has 0 unspecified atom stereocenters. The highest BCUT2D eigenvalue weighted by Gasteiger charge is 2.09. The van der Waals surface area contributed by atoms with Gasteiger partial charge in [-0.3, -0.25) is 9.48 Å². The number of rotatable bonds is 4. The Hall–Kier alpha value is -1.82. The van der Waals surface area contributed by atoms with Crippen LogP contribution in [0.3, 0.4) is 0 Å². The molecule has 0 saturated heterocycles. The van der Waals surface area contributed by atoms with Gasteiger partial charge in [0.2, 0.25) is 0 Å². The first-order chi connectivity index (χ1) is 9.02. The molecule has 2 aromatic rings. The summed E-state index contributed by atoms with van der Waals surface area (Å²) in [7, 11) is 0. The van der Waals surface area contributed by atoms with E-state index in [1.165, 1.54) is 4.68 Å². The smallest absolute Gasteiger partial charge is 0.287 e. The van der Waals surface area contributed by atoms with Crippen LogP contribution in [-0.2, 0) is 6.54 Å². The van der Waals surface area contributed by atoms with Crippen molar-refractivity contribution in [1.29, 1.82) is 0 Å². The van der Waals surface area contributed by atoms with E-state index in [2.05, 4.69) is 15.5 Å². The van der Waals surface area contributed by atoms with Gasteiger partial charge in [-0.2, -0.15) is 10.2 Å². The first-order valence-electron chi connectivity index (χ1n) is 6.09. The van der Waals surface area contributed by atoms with Crippen LogP contribution < -0.4 is 10.9 Å². The average Bonchev–Trinajstić information content (AvgIpc) is 2.84. The summed E-state index contributed by atoms with van der Waals surface area (Å²) in [6.07, 6.45) is 5.08. The van der Waals surface area contributed by atoms with E-state index in [9.17, 15) is 4.79 Å². The predicted octanol–water partition coefficient (Wildman–Crippen LogP) is 2.44. The molecule has 6 nitrogen and oxygen atoms in total. The second-order valence-corrected chi connectivity index (χ2v) is 4.80. The van der Waals surface area contributed by atoms with Crippen molar-refractivity contribution in [2.75, 3.05) is 5.32 Å². The van der Waals surface area contributed by atoms with Crippen LogP contribution in [0, 0.1) is 0 Å². The lowest BCUT2D eigenvalue weighted by Crippen LogP contribution is -2.22. The summed E-state index contributed by atoms with van der Waals surface area (Å²) >= 11 is 6.03. The largest absolute Gasteiger partial charge is 0.350 e. The highest BCUT2D eigenvalue weighted by Crippen LogP contribution is 2.21. The van der Waals surface area contributed by atoms with E-state index in [1.54, 1.807) is 12.4 Å². The van der Waals surface area contributed by atoms with Crippen LogP contribution in [0.15, 0.2) is 23.4 Å². The molecule has 0 aliphatic carbocycles. The van der Waals surface area contributed by atoms with E-state index in [4.69, 9.17) is 11.6 Å². The van der Waals surface area contributed by atoms with E-state index in [0.29, 0.717) is 12.2 Å². The SMILES string of the molecule is CCn1ncc(Nc2cnn(C(C)C)c2)c(Cl)c1=O. The Morgan fingerprint density at radius 3 is 2.68 bits per heavy atom. The second kappa shape index (κ2) is 5.44. The fourth-order valence-electron chi connectivity index (χ4n) is 1.62. The van der Waals surface area contributed by atoms with E-state index in [-0.39, 0.29) is 16.6 Å². The average molecular weight is 282 g/mol. The Morgan fingerprint density at radius 1 is 1.37 bits per heavy atom. The Labute approximate surface area is 116 Å². The Morgan fingerprint density at radius 2 is 2.11 bits per heavy atom. The van der Waals surface area contributed by atoms with Crippen molar-refractivity contribution in [3.8, 4) is 0 Å². The minimum Gasteiger partial charge on any atom is -0.350 e. The molecule has 0 aromatic carbocycles. The molecule has 2 aromatic heterocycles. The minimum absolute atomic E-state index is 0.133. The van der Waals surface area contributed by atoms with Crippen molar-refractivity contribution in [3.63, 3.8) is 0 Å². The van der Waals surface area contributed by atoms with Gasteiger partial charge in [-0.05, 0) is 20.8 Å². The molecule has 0 fully saturated rings. The number of aryl methyl sites for hydroxylation is 1. The van der Waals surface area contributed by atoms with E-state index in [1.807, 2.05) is 31.6 Å². The molecule has 0 atom stereocenters. The van der Waals surface area contributed by atoms with Gasteiger partial charge in [0.1, 0.15) is 5.02 Å². The number of halogens is 1. The molecule has 0 amide bonds. The number of aromatic nitrogens is 4. The third-order valence-corrected chi connectivity index (χ3v) is 3.06. The highest BCUT2D eigenvalue weighted by atomic mass is 35.5. The van der Waals surface area contributed by atoms with Crippen molar-refractivity contribution >= 4 is 23.0 Å². The lowest BCUT2D eigenvalue weighted by molar-refractivity contribution is 0.532. The quantitative estimate of drug-likeness (QED) is 0.935. The molecule has 102 valence electrons. The van der Waals surface area contributed by atoms with Gasteiger partial charge in [0.15, 0.2) is 0 Å². The molecular formula is C12H16ClN5O. The molecule has 0 bridgehead atoms. The van der Waals surface area contributed by atoms with Crippen molar-refractivity contribution in [3.05, 3.63) is 34.0 Å². The number of nitrogens with zero attached hydrogens (tertiary/aromatic N) is 4. The number of hydrogen-bond acceptors (Lipinski definition) is 4. The zero-order valence-corrected chi connectivity index (χ0v) is 11.8. The van der Waals surface area contributed by atoms with Crippen molar-refractivity contribution < 1.29 is 0 Å². The summed E-state index contributed by atoms with van der Waals surface area (Å²) in [5.74, 6) is 0. The van der Waals surface area contributed by atoms with E-state index >= 15 is 0 Å². The summed E-state index contributed by atoms with van der Waals surface area (Å²) in [6, 6.07) is 0.275.